The molecule has 4 rings (SSSR count). The molecule has 0 spiro atoms. The van der Waals surface area contributed by atoms with Gasteiger partial charge in [-0.25, -0.2) is 9.59 Å². The molecule has 2 amide bonds. The van der Waals surface area contributed by atoms with E-state index in [4.69, 9.17) is 18.9 Å². The van der Waals surface area contributed by atoms with E-state index in [1.54, 1.807) is 37.0 Å². The lowest BCUT2D eigenvalue weighted by Gasteiger charge is -2.42. The molecule has 1 heterocycles. The fraction of sp³-hybridized carbons (Fsp3) is 0.333. The zero-order valence-electron chi connectivity index (χ0n) is 22.3. The van der Waals surface area contributed by atoms with Gasteiger partial charge in [0.2, 0.25) is 0 Å². The summed E-state index contributed by atoms with van der Waals surface area (Å²) in [5.41, 5.74) is 3.23. The number of ether oxygens (including phenoxy) is 4. The van der Waals surface area contributed by atoms with Crippen molar-refractivity contribution in [2.45, 2.75) is 45.5 Å². The summed E-state index contributed by atoms with van der Waals surface area (Å²) < 4.78 is 22.3. The van der Waals surface area contributed by atoms with Gasteiger partial charge in [0.25, 0.3) is 0 Å². The molecule has 0 saturated heterocycles. The van der Waals surface area contributed by atoms with Gasteiger partial charge in [-0.05, 0) is 37.5 Å². The van der Waals surface area contributed by atoms with Crippen molar-refractivity contribution in [3.8, 4) is 11.5 Å². The Balaban J connectivity index is 1.76. The maximum Gasteiger partial charge on any atom is 0.414 e. The van der Waals surface area contributed by atoms with Crippen LogP contribution in [0.4, 0.5) is 15.3 Å². The minimum absolute atomic E-state index is 0.154. The molecule has 0 bridgehead atoms. The van der Waals surface area contributed by atoms with Crippen LogP contribution in [0.5, 0.6) is 11.5 Å². The Morgan fingerprint density at radius 2 is 1.50 bits per heavy atom. The molecule has 38 heavy (non-hydrogen) atoms. The molecule has 2 atom stereocenters. The van der Waals surface area contributed by atoms with E-state index in [0.29, 0.717) is 30.2 Å². The maximum absolute atomic E-state index is 13.7. The van der Waals surface area contributed by atoms with Crippen LogP contribution in [0.2, 0.25) is 0 Å². The van der Waals surface area contributed by atoms with Crippen LogP contribution in [0.1, 0.15) is 43.0 Å². The van der Waals surface area contributed by atoms with Gasteiger partial charge in [0.05, 0.1) is 32.6 Å². The van der Waals surface area contributed by atoms with Crippen LogP contribution >= 0.6 is 0 Å². The molecule has 200 valence electrons. The lowest BCUT2D eigenvalue weighted by atomic mass is 9.90. The van der Waals surface area contributed by atoms with Crippen LogP contribution in [0.15, 0.2) is 72.8 Å². The van der Waals surface area contributed by atoms with E-state index in [1.807, 2.05) is 73.7 Å². The Kier molecular flexibility index (Phi) is 8.73. The van der Waals surface area contributed by atoms with E-state index in [0.717, 1.165) is 16.7 Å². The number of anilines is 1. The van der Waals surface area contributed by atoms with E-state index >= 15 is 0 Å². The standard InChI is InChI=1S/C30H34N2O6/c1-5-37-30(34)32-21(2)16-25(24-17-27(35-3)28(36-4)18-26(24)32)31(19-22-12-8-6-9-13-22)29(33)38-20-23-14-10-7-11-15-23/h6-15,17-18,21,25H,5,16,19-20H2,1-4H3/t21-,25+/m0/s1. The molecule has 0 radical (unpaired) electrons. The molecule has 3 aromatic carbocycles. The number of hydrogen-bond acceptors (Lipinski definition) is 6. The van der Waals surface area contributed by atoms with E-state index in [1.165, 1.54) is 0 Å². The average Bonchev–Trinajstić information content (AvgIpc) is 2.94. The van der Waals surface area contributed by atoms with Crippen molar-refractivity contribution in [3.63, 3.8) is 0 Å². The van der Waals surface area contributed by atoms with Gasteiger partial charge in [0, 0.05) is 24.2 Å². The van der Waals surface area contributed by atoms with Gasteiger partial charge in [-0.15, -0.1) is 0 Å². The average molecular weight is 519 g/mol. The largest absolute Gasteiger partial charge is 0.493 e. The molecule has 0 saturated carbocycles. The second-order valence-electron chi connectivity index (χ2n) is 9.09. The summed E-state index contributed by atoms with van der Waals surface area (Å²) in [4.78, 5) is 30.0. The van der Waals surface area contributed by atoms with Gasteiger partial charge in [-0.2, -0.15) is 0 Å². The number of amides is 2. The molecule has 0 aliphatic carbocycles. The molecular formula is C30H34N2O6. The van der Waals surface area contributed by atoms with Gasteiger partial charge in [-0.1, -0.05) is 60.7 Å². The van der Waals surface area contributed by atoms with Gasteiger partial charge in [0.1, 0.15) is 6.61 Å². The molecular weight excluding hydrogens is 484 g/mol. The highest BCUT2D eigenvalue weighted by Crippen LogP contribution is 2.46. The third-order valence-electron chi connectivity index (χ3n) is 6.63. The molecule has 0 N–H and O–H groups in total. The first kappa shape index (κ1) is 26.9. The quantitative estimate of drug-likeness (QED) is 0.346. The summed E-state index contributed by atoms with van der Waals surface area (Å²) in [6.45, 7) is 4.45. The number of fused-ring (bicyclic) bond motifs is 1. The molecule has 0 aromatic heterocycles. The van der Waals surface area contributed by atoms with E-state index < -0.39 is 18.2 Å². The van der Waals surface area contributed by atoms with E-state index in [2.05, 4.69) is 0 Å². The zero-order valence-corrected chi connectivity index (χ0v) is 22.3. The summed E-state index contributed by atoms with van der Waals surface area (Å²) in [5.74, 6) is 0.988. The summed E-state index contributed by atoms with van der Waals surface area (Å²) in [6, 6.07) is 22.3. The summed E-state index contributed by atoms with van der Waals surface area (Å²) in [7, 11) is 3.11. The number of benzene rings is 3. The van der Waals surface area contributed by atoms with Crippen LogP contribution in [0.25, 0.3) is 0 Å². The minimum Gasteiger partial charge on any atom is -0.493 e. The fourth-order valence-electron chi connectivity index (χ4n) is 4.80. The highest BCUT2D eigenvalue weighted by Gasteiger charge is 2.40. The smallest absolute Gasteiger partial charge is 0.414 e. The number of carbonyl (C=O) groups excluding carboxylic acids is 2. The molecule has 1 aliphatic heterocycles. The normalized spacial score (nSPS) is 16.3. The Bertz CT molecular complexity index is 1230. The van der Waals surface area contributed by atoms with Gasteiger partial charge >= 0.3 is 12.2 Å². The highest BCUT2D eigenvalue weighted by atomic mass is 16.6. The number of methoxy groups -OCH3 is 2. The van der Waals surface area contributed by atoms with Crippen LogP contribution in [-0.2, 0) is 22.6 Å². The fourth-order valence-corrected chi connectivity index (χ4v) is 4.80. The van der Waals surface area contributed by atoms with Gasteiger partial charge in [0.15, 0.2) is 11.5 Å². The molecule has 8 heteroatoms. The van der Waals surface area contributed by atoms with Crippen molar-refractivity contribution in [3.05, 3.63) is 89.5 Å². The Morgan fingerprint density at radius 3 is 2.11 bits per heavy atom. The summed E-state index contributed by atoms with van der Waals surface area (Å²) >= 11 is 0. The van der Waals surface area contributed by atoms with Crippen molar-refractivity contribution in [1.29, 1.82) is 0 Å². The van der Waals surface area contributed by atoms with Crippen molar-refractivity contribution >= 4 is 17.9 Å². The predicted octanol–water partition coefficient (Wildman–Crippen LogP) is 6.34. The van der Waals surface area contributed by atoms with Crippen LogP contribution in [0.3, 0.4) is 0 Å². The molecule has 0 fully saturated rings. The molecule has 1 aliphatic rings. The van der Waals surface area contributed by atoms with Gasteiger partial charge < -0.3 is 18.9 Å². The molecule has 0 unspecified atom stereocenters. The zero-order chi connectivity index (χ0) is 27.1. The maximum atomic E-state index is 13.7. The second-order valence-corrected chi connectivity index (χ2v) is 9.09. The summed E-state index contributed by atoms with van der Waals surface area (Å²) in [6.07, 6.45) is -0.414. The Hall–Kier alpha value is -4.20. The Labute approximate surface area is 223 Å². The van der Waals surface area contributed by atoms with E-state index in [9.17, 15) is 9.59 Å². The minimum atomic E-state index is -0.451. The number of rotatable bonds is 8. The van der Waals surface area contributed by atoms with Crippen LogP contribution in [0, 0.1) is 0 Å². The Morgan fingerprint density at radius 1 is 0.895 bits per heavy atom. The number of hydrogen-bond donors (Lipinski definition) is 0. The lowest BCUT2D eigenvalue weighted by Crippen LogP contribution is -2.47. The number of carbonyl (C=O) groups is 2. The lowest BCUT2D eigenvalue weighted by molar-refractivity contribution is 0.0718. The molecule has 8 nitrogen and oxygen atoms in total. The van der Waals surface area contributed by atoms with Crippen LogP contribution < -0.4 is 14.4 Å². The second kappa shape index (κ2) is 12.4. The monoisotopic (exact) mass is 518 g/mol. The molecule has 3 aromatic rings. The highest BCUT2D eigenvalue weighted by molar-refractivity contribution is 5.91. The first-order valence-corrected chi connectivity index (χ1v) is 12.7. The van der Waals surface area contributed by atoms with E-state index in [-0.39, 0.29) is 19.3 Å². The predicted molar refractivity (Wildman–Crippen MR) is 144 cm³/mol. The first-order chi connectivity index (χ1) is 18.5. The van der Waals surface area contributed by atoms with Crippen molar-refractivity contribution in [2.24, 2.45) is 0 Å². The summed E-state index contributed by atoms with van der Waals surface area (Å²) in [5, 5.41) is 0. The third-order valence-corrected chi connectivity index (χ3v) is 6.63. The third kappa shape index (κ3) is 5.85. The van der Waals surface area contributed by atoms with Crippen molar-refractivity contribution in [2.75, 3.05) is 25.7 Å². The SMILES string of the molecule is CCOC(=O)N1c2cc(OC)c(OC)cc2[C@H](N(Cc2ccccc2)C(=O)OCc2ccccc2)C[C@@H]1C. The topological polar surface area (TPSA) is 77.5 Å². The van der Waals surface area contributed by atoms with Crippen molar-refractivity contribution in [1.82, 2.24) is 4.90 Å². The van der Waals surface area contributed by atoms with Crippen molar-refractivity contribution < 1.29 is 28.5 Å². The van der Waals surface area contributed by atoms with Gasteiger partial charge in [-0.3, -0.25) is 9.80 Å². The van der Waals surface area contributed by atoms with Crippen LogP contribution in [-0.4, -0.2) is 44.0 Å². The first-order valence-electron chi connectivity index (χ1n) is 12.7. The number of nitrogens with zero attached hydrogens (tertiary/aromatic N) is 2.